The predicted octanol–water partition coefficient (Wildman–Crippen LogP) is 5.51. The van der Waals surface area contributed by atoms with Gasteiger partial charge in [0.05, 0.1) is 5.92 Å². The highest BCUT2D eigenvalue weighted by molar-refractivity contribution is 6.20. The second-order valence-electron chi connectivity index (χ2n) is 5.86. The van der Waals surface area contributed by atoms with E-state index in [4.69, 9.17) is 11.6 Å². The lowest BCUT2D eigenvalue weighted by molar-refractivity contribution is -0.183. The van der Waals surface area contributed by atoms with Crippen molar-refractivity contribution in [2.45, 2.75) is 50.6 Å². The maximum absolute atomic E-state index is 12.6. The summed E-state index contributed by atoms with van der Waals surface area (Å²) in [7, 11) is 0. The molecular formula is C16H20ClF3. The van der Waals surface area contributed by atoms with Crippen molar-refractivity contribution >= 4 is 11.6 Å². The molecular weight excluding hydrogens is 285 g/mol. The summed E-state index contributed by atoms with van der Waals surface area (Å²) in [4.78, 5) is 0. The van der Waals surface area contributed by atoms with E-state index >= 15 is 0 Å². The van der Waals surface area contributed by atoms with Gasteiger partial charge >= 0.3 is 6.18 Å². The average molecular weight is 305 g/mol. The Hall–Kier alpha value is -0.700. The van der Waals surface area contributed by atoms with Crippen molar-refractivity contribution in [2.24, 2.45) is 11.8 Å². The number of alkyl halides is 4. The SMILES string of the molecule is Cc1ccc(CC(Cl)C2CCC(C(F)(F)F)CC2)cc1. The molecule has 20 heavy (non-hydrogen) atoms. The fourth-order valence-corrected chi connectivity index (χ4v) is 3.35. The second kappa shape index (κ2) is 6.38. The molecule has 112 valence electrons. The van der Waals surface area contributed by atoms with Crippen molar-refractivity contribution in [1.82, 2.24) is 0 Å². The Bertz CT molecular complexity index is 416. The van der Waals surface area contributed by atoms with E-state index in [2.05, 4.69) is 0 Å². The summed E-state index contributed by atoms with van der Waals surface area (Å²) in [5.74, 6) is -0.918. The third-order valence-corrected chi connectivity index (χ3v) is 4.81. The van der Waals surface area contributed by atoms with Gasteiger partial charge in [0.15, 0.2) is 0 Å². The zero-order valence-electron chi connectivity index (χ0n) is 11.6. The highest BCUT2D eigenvalue weighted by Gasteiger charge is 2.42. The molecule has 1 aromatic carbocycles. The molecule has 1 fully saturated rings. The van der Waals surface area contributed by atoms with Gasteiger partial charge in [-0.25, -0.2) is 0 Å². The first-order valence-electron chi connectivity index (χ1n) is 7.12. The molecule has 0 N–H and O–H groups in total. The van der Waals surface area contributed by atoms with E-state index in [0.717, 1.165) is 12.0 Å². The average Bonchev–Trinajstić information content (AvgIpc) is 2.40. The number of hydrogen-bond acceptors (Lipinski definition) is 0. The number of benzene rings is 1. The van der Waals surface area contributed by atoms with Gasteiger partial charge in [0.25, 0.3) is 0 Å². The molecule has 0 saturated heterocycles. The van der Waals surface area contributed by atoms with E-state index < -0.39 is 12.1 Å². The van der Waals surface area contributed by atoms with Gasteiger partial charge in [-0.05, 0) is 50.5 Å². The van der Waals surface area contributed by atoms with Crippen LogP contribution in [-0.4, -0.2) is 11.6 Å². The quantitative estimate of drug-likeness (QED) is 0.646. The van der Waals surface area contributed by atoms with Gasteiger partial charge in [-0.15, -0.1) is 11.6 Å². The van der Waals surface area contributed by atoms with Crippen molar-refractivity contribution in [3.63, 3.8) is 0 Å². The van der Waals surface area contributed by atoms with Crippen LogP contribution in [0.4, 0.5) is 13.2 Å². The first kappa shape index (κ1) is 15.7. The number of aryl methyl sites for hydroxylation is 1. The molecule has 1 aliphatic rings. The van der Waals surface area contributed by atoms with Crippen molar-refractivity contribution in [1.29, 1.82) is 0 Å². The Morgan fingerprint density at radius 2 is 1.65 bits per heavy atom. The first-order chi connectivity index (χ1) is 9.36. The van der Waals surface area contributed by atoms with Gasteiger partial charge in [-0.1, -0.05) is 29.8 Å². The Labute approximate surface area is 123 Å². The van der Waals surface area contributed by atoms with Crippen LogP contribution in [0.2, 0.25) is 0 Å². The molecule has 0 radical (unpaired) electrons. The molecule has 1 unspecified atom stereocenters. The smallest absolute Gasteiger partial charge is 0.171 e. The van der Waals surface area contributed by atoms with Crippen LogP contribution >= 0.6 is 11.6 Å². The van der Waals surface area contributed by atoms with Crippen molar-refractivity contribution < 1.29 is 13.2 Å². The maximum atomic E-state index is 12.6. The number of rotatable bonds is 3. The fourth-order valence-electron chi connectivity index (χ4n) is 2.92. The van der Waals surface area contributed by atoms with Crippen LogP contribution in [0.1, 0.15) is 36.8 Å². The molecule has 0 spiro atoms. The predicted molar refractivity (Wildman–Crippen MR) is 76.0 cm³/mol. The van der Waals surface area contributed by atoms with Gasteiger partial charge < -0.3 is 0 Å². The number of hydrogen-bond donors (Lipinski definition) is 0. The standard InChI is InChI=1S/C16H20ClF3/c1-11-2-4-12(5-3-11)10-15(17)13-6-8-14(9-7-13)16(18,19)20/h2-5,13-15H,6-10H2,1H3. The molecule has 1 saturated carbocycles. The summed E-state index contributed by atoms with van der Waals surface area (Å²) in [6.07, 6.45) is -1.67. The summed E-state index contributed by atoms with van der Waals surface area (Å²) in [5.41, 5.74) is 2.36. The Balaban J connectivity index is 1.85. The Kier molecular flexibility index (Phi) is 5.00. The fraction of sp³-hybridized carbons (Fsp3) is 0.625. The molecule has 1 aliphatic carbocycles. The van der Waals surface area contributed by atoms with Crippen LogP contribution < -0.4 is 0 Å². The summed E-state index contributed by atoms with van der Waals surface area (Å²) < 4.78 is 37.9. The maximum Gasteiger partial charge on any atom is 0.391 e. The van der Waals surface area contributed by atoms with Gasteiger partial charge in [0, 0.05) is 5.38 Å². The normalized spacial score (nSPS) is 25.4. The topological polar surface area (TPSA) is 0 Å². The van der Waals surface area contributed by atoms with Gasteiger partial charge in [-0.2, -0.15) is 13.2 Å². The Morgan fingerprint density at radius 1 is 1.10 bits per heavy atom. The van der Waals surface area contributed by atoms with Crippen molar-refractivity contribution in [2.75, 3.05) is 0 Å². The lowest BCUT2D eigenvalue weighted by Crippen LogP contribution is -2.31. The minimum Gasteiger partial charge on any atom is -0.171 e. The molecule has 0 aliphatic heterocycles. The lowest BCUT2D eigenvalue weighted by Gasteiger charge is -2.32. The van der Waals surface area contributed by atoms with Crippen LogP contribution in [0, 0.1) is 18.8 Å². The highest BCUT2D eigenvalue weighted by Crippen LogP contribution is 2.41. The van der Waals surface area contributed by atoms with Crippen LogP contribution in [0.5, 0.6) is 0 Å². The van der Waals surface area contributed by atoms with E-state index in [0.29, 0.717) is 12.8 Å². The molecule has 1 atom stereocenters. The minimum absolute atomic E-state index is 0.0631. The second-order valence-corrected chi connectivity index (χ2v) is 6.42. The molecule has 1 aromatic rings. The lowest BCUT2D eigenvalue weighted by atomic mass is 9.79. The van der Waals surface area contributed by atoms with Crippen LogP contribution in [-0.2, 0) is 6.42 Å². The molecule has 0 bridgehead atoms. The molecule has 0 heterocycles. The summed E-state index contributed by atoms with van der Waals surface area (Å²) >= 11 is 6.41. The summed E-state index contributed by atoms with van der Waals surface area (Å²) in [6, 6.07) is 8.18. The minimum atomic E-state index is -4.04. The molecule has 2 rings (SSSR count). The molecule has 4 heteroatoms. The van der Waals surface area contributed by atoms with Crippen molar-refractivity contribution in [3.05, 3.63) is 35.4 Å². The van der Waals surface area contributed by atoms with Gasteiger partial charge in [-0.3, -0.25) is 0 Å². The monoisotopic (exact) mass is 304 g/mol. The zero-order chi connectivity index (χ0) is 14.8. The van der Waals surface area contributed by atoms with E-state index in [1.54, 1.807) is 0 Å². The molecule has 0 amide bonds. The van der Waals surface area contributed by atoms with E-state index in [9.17, 15) is 13.2 Å². The summed E-state index contributed by atoms with van der Waals surface area (Å²) in [5, 5.41) is -0.0631. The van der Waals surface area contributed by atoms with Gasteiger partial charge in [0.2, 0.25) is 0 Å². The van der Waals surface area contributed by atoms with Gasteiger partial charge in [0.1, 0.15) is 0 Å². The van der Waals surface area contributed by atoms with E-state index in [1.165, 1.54) is 5.56 Å². The number of halogens is 4. The molecule has 0 nitrogen and oxygen atoms in total. The zero-order valence-corrected chi connectivity index (χ0v) is 12.3. The largest absolute Gasteiger partial charge is 0.391 e. The first-order valence-corrected chi connectivity index (χ1v) is 7.56. The van der Waals surface area contributed by atoms with Crippen molar-refractivity contribution in [3.8, 4) is 0 Å². The highest BCUT2D eigenvalue weighted by atomic mass is 35.5. The van der Waals surface area contributed by atoms with E-state index in [-0.39, 0.29) is 24.1 Å². The third kappa shape index (κ3) is 4.15. The van der Waals surface area contributed by atoms with Crippen LogP contribution in [0.25, 0.3) is 0 Å². The van der Waals surface area contributed by atoms with Crippen LogP contribution in [0.3, 0.4) is 0 Å². The van der Waals surface area contributed by atoms with Crippen LogP contribution in [0.15, 0.2) is 24.3 Å². The Morgan fingerprint density at radius 3 is 2.15 bits per heavy atom. The molecule has 0 aromatic heterocycles. The van der Waals surface area contributed by atoms with E-state index in [1.807, 2.05) is 31.2 Å². The third-order valence-electron chi connectivity index (χ3n) is 4.30. The summed E-state index contributed by atoms with van der Waals surface area (Å²) in [6.45, 7) is 2.03.